The fourth-order valence-electron chi connectivity index (χ4n) is 4.28. The maximum atomic E-state index is 12.8. The number of hydrogen-bond acceptors (Lipinski definition) is 5. The van der Waals surface area contributed by atoms with Crippen LogP contribution in [-0.2, 0) is 0 Å². The molecule has 1 atom stereocenters. The van der Waals surface area contributed by atoms with Crippen LogP contribution in [-0.4, -0.2) is 41.5 Å². The lowest BCUT2D eigenvalue weighted by Crippen LogP contribution is -2.54. The van der Waals surface area contributed by atoms with Gasteiger partial charge in [0.25, 0.3) is 5.91 Å². The number of benzene rings is 1. The van der Waals surface area contributed by atoms with Gasteiger partial charge < -0.3 is 14.2 Å². The van der Waals surface area contributed by atoms with E-state index in [1.807, 2.05) is 24.0 Å². The molecule has 164 valence electrons. The molecule has 0 saturated carbocycles. The van der Waals surface area contributed by atoms with Gasteiger partial charge in [0, 0.05) is 36.9 Å². The van der Waals surface area contributed by atoms with Crippen LogP contribution in [0.4, 0.5) is 5.82 Å². The molecule has 1 aliphatic heterocycles. The second-order valence-corrected chi connectivity index (χ2v) is 8.68. The summed E-state index contributed by atoms with van der Waals surface area (Å²) in [5.74, 6) is 0.903. The molecule has 6 heteroatoms. The number of amides is 1. The van der Waals surface area contributed by atoms with Crippen LogP contribution in [0.1, 0.15) is 53.9 Å². The number of carbonyl (C=O) groups excluding carboxylic acids is 1. The first-order chi connectivity index (χ1) is 15.4. The van der Waals surface area contributed by atoms with Crippen LogP contribution in [0.5, 0.6) is 0 Å². The maximum Gasteiger partial charge on any atom is 0.257 e. The molecule has 6 nitrogen and oxygen atoms in total. The number of aromatic nitrogens is 1. The first-order valence-electron chi connectivity index (χ1n) is 11.0. The molecular weight excluding hydrogens is 400 g/mol. The maximum absolute atomic E-state index is 12.8. The molecular formula is C26H28N4O2. The van der Waals surface area contributed by atoms with E-state index in [0.29, 0.717) is 36.6 Å². The van der Waals surface area contributed by atoms with E-state index in [4.69, 9.17) is 9.40 Å². The van der Waals surface area contributed by atoms with Gasteiger partial charge in [-0.15, -0.1) is 0 Å². The molecule has 4 rings (SSSR count). The molecule has 0 N–H and O–H groups in total. The van der Waals surface area contributed by atoms with E-state index in [0.717, 1.165) is 22.4 Å². The Morgan fingerprint density at radius 2 is 2.00 bits per heavy atom. The SMILES string of the molecule is Cc1ccccc1-c1cc(C(C)C)nc(N2CCN(C(=O)c3ccoc3)[C@H](C)C2)c1C#N. The van der Waals surface area contributed by atoms with Crippen molar-refractivity contribution in [1.29, 1.82) is 5.26 Å². The third kappa shape index (κ3) is 3.99. The molecule has 1 fully saturated rings. The highest BCUT2D eigenvalue weighted by Gasteiger charge is 2.31. The molecule has 1 amide bonds. The Morgan fingerprint density at radius 1 is 1.22 bits per heavy atom. The third-order valence-corrected chi connectivity index (χ3v) is 6.11. The summed E-state index contributed by atoms with van der Waals surface area (Å²) in [4.78, 5) is 21.8. The number of nitriles is 1. The van der Waals surface area contributed by atoms with E-state index in [1.54, 1.807) is 6.07 Å². The number of carbonyl (C=O) groups is 1. The minimum absolute atomic E-state index is 0.0240. The summed E-state index contributed by atoms with van der Waals surface area (Å²) in [5.41, 5.74) is 5.21. The van der Waals surface area contributed by atoms with Gasteiger partial charge in [-0.05, 0) is 43.0 Å². The number of rotatable bonds is 4. The van der Waals surface area contributed by atoms with Crippen molar-refractivity contribution in [2.24, 2.45) is 0 Å². The molecule has 3 aromatic rings. The monoisotopic (exact) mass is 428 g/mol. The minimum atomic E-state index is -0.0316. The van der Waals surface area contributed by atoms with Gasteiger partial charge in [-0.25, -0.2) is 4.98 Å². The highest BCUT2D eigenvalue weighted by atomic mass is 16.3. The summed E-state index contributed by atoms with van der Waals surface area (Å²) in [7, 11) is 0. The van der Waals surface area contributed by atoms with Gasteiger partial charge in [0.05, 0.1) is 11.8 Å². The van der Waals surface area contributed by atoms with Crippen LogP contribution in [0.2, 0.25) is 0 Å². The van der Waals surface area contributed by atoms with E-state index in [9.17, 15) is 10.1 Å². The van der Waals surface area contributed by atoms with Crippen molar-refractivity contribution in [1.82, 2.24) is 9.88 Å². The Labute approximate surface area is 189 Å². The number of pyridine rings is 1. The van der Waals surface area contributed by atoms with Crippen molar-refractivity contribution in [2.45, 2.75) is 39.7 Å². The van der Waals surface area contributed by atoms with E-state index in [1.165, 1.54) is 12.5 Å². The highest BCUT2D eigenvalue weighted by Crippen LogP contribution is 2.35. The highest BCUT2D eigenvalue weighted by molar-refractivity contribution is 5.94. The van der Waals surface area contributed by atoms with Gasteiger partial charge in [0.1, 0.15) is 23.7 Å². The number of aryl methyl sites for hydroxylation is 1. The van der Waals surface area contributed by atoms with E-state index in [2.05, 4.69) is 49.9 Å². The Morgan fingerprint density at radius 3 is 2.62 bits per heavy atom. The van der Waals surface area contributed by atoms with Crippen molar-refractivity contribution in [2.75, 3.05) is 24.5 Å². The Hall–Kier alpha value is -3.59. The lowest BCUT2D eigenvalue weighted by Gasteiger charge is -2.40. The van der Waals surface area contributed by atoms with Gasteiger partial charge >= 0.3 is 0 Å². The smallest absolute Gasteiger partial charge is 0.257 e. The van der Waals surface area contributed by atoms with Crippen LogP contribution in [0.3, 0.4) is 0 Å². The summed E-state index contributed by atoms with van der Waals surface area (Å²) in [6, 6.07) is 14.3. The number of anilines is 1. The summed E-state index contributed by atoms with van der Waals surface area (Å²) in [6.07, 6.45) is 3.00. The fourth-order valence-corrected chi connectivity index (χ4v) is 4.28. The number of nitrogens with zero attached hydrogens (tertiary/aromatic N) is 4. The third-order valence-electron chi connectivity index (χ3n) is 6.11. The second-order valence-electron chi connectivity index (χ2n) is 8.68. The van der Waals surface area contributed by atoms with Crippen molar-refractivity contribution in [3.8, 4) is 17.2 Å². The Bertz CT molecular complexity index is 1160. The topological polar surface area (TPSA) is 73.4 Å². The molecule has 3 heterocycles. The van der Waals surface area contributed by atoms with Crippen LogP contribution in [0.25, 0.3) is 11.1 Å². The first-order valence-corrected chi connectivity index (χ1v) is 11.0. The Balaban J connectivity index is 1.72. The van der Waals surface area contributed by atoms with E-state index in [-0.39, 0.29) is 17.9 Å². The molecule has 0 spiro atoms. The lowest BCUT2D eigenvalue weighted by molar-refractivity contribution is 0.0673. The van der Waals surface area contributed by atoms with Gasteiger partial charge in [0.15, 0.2) is 0 Å². The minimum Gasteiger partial charge on any atom is -0.472 e. The molecule has 32 heavy (non-hydrogen) atoms. The number of hydrogen-bond donors (Lipinski definition) is 0. The molecule has 1 saturated heterocycles. The molecule has 0 bridgehead atoms. The molecule has 0 aliphatic carbocycles. The normalized spacial score (nSPS) is 16.3. The van der Waals surface area contributed by atoms with Crippen LogP contribution in [0, 0.1) is 18.3 Å². The summed E-state index contributed by atoms with van der Waals surface area (Å²) in [5, 5.41) is 10.2. The van der Waals surface area contributed by atoms with Gasteiger partial charge in [-0.1, -0.05) is 38.1 Å². The molecule has 0 radical (unpaired) electrons. The molecule has 1 aliphatic rings. The average molecular weight is 429 g/mol. The van der Waals surface area contributed by atoms with Crippen LogP contribution in [0.15, 0.2) is 53.3 Å². The summed E-state index contributed by atoms with van der Waals surface area (Å²) >= 11 is 0. The second kappa shape index (κ2) is 8.88. The zero-order valence-corrected chi connectivity index (χ0v) is 19.0. The number of furan rings is 1. The van der Waals surface area contributed by atoms with Crippen molar-refractivity contribution in [3.63, 3.8) is 0 Å². The number of piperazine rings is 1. The molecule has 2 aromatic heterocycles. The zero-order valence-electron chi connectivity index (χ0n) is 19.0. The van der Waals surface area contributed by atoms with Gasteiger partial charge in [0.2, 0.25) is 0 Å². The summed E-state index contributed by atoms with van der Waals surface area (Å²) in [6.45, 7) is 10.1. The average Bonchev–Trinajstić information content (AvgIpc) is 3.33. The first kappa shape index (κ1) is 21.6. The van der Waals surface area contributed by atoms with Gasteiger partial charge in [-0.2, -0.15) is 5.26 Å². The Kier molecular flexibility index (Phi) is 6.00. The predicted molar refractivity (Wildman–Crippen MR) is 125 cm³/mol. The van der Waals surface area contributed by atoms with Crippen LogP contribution < -0.4 is 4.90 Å². The predicted octanol–water partition coefficient (Wildman–Crippen LogP) is 5.00. The largest absolute Gasteiger partial charge is 0.472 e. The van der Waals surface area contributed by atoms with E-state index >= 15 is 0 Å². The van der Waals surface area contributed by atoms with Gasteiger partial charge in [-0.3, -0.25) is 4.79 Å². The molecule has 1 aromatic carbocycles. The molecule has 0 unspecified atom stereocenters. The fraction of sp³-hybridized carbons (Fsp3) is 0.346. The van der Waals surface area contributed by atoms with Crippen molar-refractivity contribution in [3.05, 3.63) is 71.3 Å². The lowest BCUT2D eigenvalue weighted by atomic mass is 9.94. The zero-order chi connectivity index (χ0) is 22.8. The van der Waals surface area contributed by atoms with E-state index < -0.39 is 0 Å². The standard InChI is InChI=1S/C26H28N4O2/c1-17(2)24-13-22(21-8-6-5-7-18(21)3)23(14-27)25(28-24)29-10-11-30(19(4)15-29)26(31)20-9-12-32-16-20/h5-9,12-13,16-17,19H,10-11,15H2,1-4H3/t19-/m1/s1. The van der Waals surface area contributed by atoms with Crippen molar-refractivity contribution < 1.29 is 9.21 Å². The van der Waals surface area contributed by atoms with Crippen molar-refractivity contribution >= 4 is 11.7 Å². The van der Waals surface area contributed by atoms with Crippen LogP contribution >= 0.6 is 0 Å². The summed E-state index contributed by atoms with van der Waals surface area (Å²) < 4.78 is 5.08. The quantitative estimate of drug-likeness (QED) is 0.585.